The van der Waals surface area contributed by atoms with Crippen molar-refractivity contribution in [3.05, 3.63) is 0 Å². The van der Waals surface area contributed by atoms with Crippen LogP contribution < -0.4 is 5.32 Å². The summed E-state index contributed by atoms with van der Waals surface area (Å²) in [5, 5.41) is 3.40. The number of likely N-dealkylation sites (tertiary alicyclic amines) is 1. The molecule has 0 spiro atoms. The first-order valence-corrected chi connectivity index (χ1v) is 6.82. The summed E-state index contributed by atoms with van der Waals surface area (Å²) in [6, 6.07) is 0.771. The van der Waals surface area contributed by atoms with Gasteiger partial charge in [-0.3, -0.25) is 0 Å². The van der Waals surface area contributed by atoms with Gasteiger partial charge in [-0.15, -0.1) is 0 Å². The molecule has 2 heterocycles. The van der Waals surface area contributed by atoms with Crippen LogP contribution in [-0.2, 0) is 4.74 Å². The second-order valence-electron chi connectivity index (χ2n) is 5.51. The zero-order valence-electron chi connectivity index (χ0n) is 10.7. The Labute approximate surface area is 99.5 Å². The molecule has 0 amide bonds. The maximum absolute atomic E-state index is 5.74. The van der Waals surface area contributed by atoms with E-state index in [-0.39, 0.29) is 0 Å². The van der Waals surface area contributed by atoms with Crippen LogP contribution in [0.25, 0.3) is 0 Å². The molecule has 0 bridgehead atoms. The Kier molecular flexibility index (Phi) is 4.62. The minimum atomic E-state index is 0.443. The Morgan fingerprint density at radius 3 is 2.94 bits per heavy atom. The fraction of sp³-hybridized carbons (Fsp3) is 1.00. The van der Waals surface area contributed by atoms with Gasteiger partial charge in [0.15, 0.2) is 0 Å². The molecule has 16 heavy (non-hydrogen) atoms. The molecular weight excluding hydrogens is 200 g/mol. The Morgan fingerprint density at radius 2 is 2.19 bits per heavy atom. The van der Waals surface area contributed by atoms with Gasteiger partial charge in [-0.05, 0) is 32.1 Å². The summed E-state index contributed by atoms with van der Waals surface area (Å²) in [6.45, 7) is 10.2. The third kappa shape index (κ3) is 3.44. The summed E-state index contributed by atoms with van der Waals surface area (Å²) in [7, 11) is 0. The van der Waals surface area contributed by atoms with Crippen LogP contribution in [0.4, 0.5) is 0 Å². The number of hydrogen-bond donors (Lipinski definition) is 1. The van der Waals surface area contributed by atoms with Crippen LogP contribution in [0.2, 0.25) is 0 Å². The van der Waals surface area contributed by atoms with E-state index in [0.717, 1.165) is 31.7 Å². The topological polar surface area (TPSA) is 24.5 Å². The van der Waals surface area contributed by atoms with E-state index < -0.39 is 0 Å². The summed E-state index contributed by atoms with van der Waals surface area (Å²) in [5.41, 5.74) is 0. The number of morpholine rings is 1. The van der Waals surface area contributed by atoms with Gasteiger partial charge in [0.25, 0.3) is 0 Å². The van der Waals surface area contributed by atoms with E-state index >= 15 is 0 Å². The number of nitrogens with zero attached hydrogens (tertiary/aromatic N) is 1. The summed E-state index contributed by atoms with van der Waals surface area (Å²) < 4.78 is 5.74. The van der Waals surface area contributed by atoms with Gasteiger partial charge in [-0.25, -0.2) is 0 Å². The lowest BCUT2D eigenvalue weighted by Gasteiger charge is -2.37. The van der Waals surface area contributed by atoms with Crippen LogP contribution in [0.1, 0.15) is 33.1 Å². The summed E-state index contributed by atoms with van der Waals surface area (Å²) in [4.78, 5) is 2.64. The van der Waals surface area contributed by atoms with E-state index in [4.69, 9.17) is 4.74 Å². The highest BCUT2D eigenvalue weighted by Gasteiger charge is 2.23. The number of ether oxygens (including phenoxy) is 1. The Morgan fingerprint density at radius 1 is 1.31 bits per heavy atom. The molecule has 1 N–H and O–H groups in total. The SMILES string of the molecule is CC1CCC(C)N(CCC2CNCCO2)C1. The molecular formula is C13H26N2O. The zero-order valence-corrected chi connectivity index (χ0v) is 10.7. The molecule has 0 aromatic rings. The van der Waals surface area contributed by atoms with Crippen LogP contribution in [0, 0.1) is 5.92 Å². The van der Waals surface area contributed by atoms with E-state index in [9.17, 15) is 0 Å². The van der Waals surface area contributed by atoms with Crippen molar-refractivity contribution < 1.29 is 4.74 Å². The molecule has 2 saturated heterocycles. The summed E-state index contributed by atoms with van der Waals surface area (Å²) in [6.07, 6.45) is 4.40. The normalized spacial score (nSPS) is 37.5. The van der Waals surface area contributed by atoms with Gasteiger partial charge in [0.05, 0.1) is 12.7 Å². The Hall–Kier alpha value is -0.120. The van der Waals surface area contributed by atoms with E-state index in [0.29, 0.717) is 6.10 Å². The minimum Gasteiger partial charge on any atom is -0.376 e. The van der Waals surface area contributed by atoms with Crippen molar-refractivity contribution in [3.8, 4) is 0 Å². The van der Waals surface area contributed by atoms with Crippen molar-refractivity contribution in [2.24, 2.45) is 5.92 Å². The predicted molar refractivity (Wildman–Crippen MR) is 66.7 cm³/mol. The molecule has 94 valence electrons. The fourth-order valence-electron chi connectivity index (χ4n) is 2.81. The van der Waals surface area contributed by atoms with Crippen molar-refractivity contribution in [2.75, 3.05) is 32.8 Å². The van der Waals surface area contributed by atoms with Crippen LogP contribution >= 0.6 is 0 Å². The molecule has 3 heteroatoms. The lowest BCUT2D eigenvalue weighted by Crippen LogP contribution is -2.45. The smallest absolute Gasteiger partial charge is 0.0712 e. The Bertz CT molecular complexity index is 204. The highest BCUT2D eigenvalue weighted by Crippen LogP contribution is 2.21. The minimum absolute atomic E-state index is 0.443. The molecule has 0 aromatic heterocycles. The highest BCUT2D eigenvalue weighted by atomic mass is 16.5. The lowest BCUT2D eigenvalue weighted by atomic mass is 9.95. The summed E-state index contributed by atoms with van der Waals surface area (Å²) in [5.74, 6) is 0.876. The van der Waals surface area contributed by atoms with Crippen LogP contribution in [0.5, 0.6) is 0 Å². The molecule has 2 aliphatic rings. The second kappa shape index (κ2) is 5.99. The third-order valence-electron chi connectivity index (χ3n) is 3.99. The van der Waals surface area contributed by atoms with E-state index in [1.54, 1.807) is 0 Å². The average Bonchev–Trinajstić information content (AvgIpc) is 2.32. The number of rotatable bonds is 3. The molecule has 2 rings (SSSR count). The van der Waals surface area contributed by atoms with Crippen molar-refractivity contribution in [1.29, 1.82) is 0 Å². The van der Waals surface area contributed by atoms with Crippen LogP contribution in [-0.4, -0.2) is 49.8 Å². The molecule has 0 radical (unpaired) electrons. The molecule has 2 fully saturated rings. The van der Waals surface area contributed by atoms with Gasteiger partial charge >= 0.3 is 0 Å². The van der Waals surface area contributed by atoms with Crippen molar-refractivity contribution in [1.82, 2.24) is 10.2 Å². The van der Waals surface area contributed by atoms with Gasteiger partial charge in [0.1, 0.15) is 0 Å². The second-order valence-corrected chi connectivity index (χ2v) is 5.51. The van der Waals surface area contributed by atoms with E-state index in [2.05, 4.69) is 24.1 Å². The van der Waals surface area contributed by atoms with Gasteiger partial charge in [0, 0.05) is 32.2 Å². The molecule has 2 aliphatic heterocycles. The first-order chi connectivity index (χ1) is 7.75. The molecule has 3 unspecified atom stereocenters. The number of piperidine rings is 1. The maximum atomic E-state index is 5.74. The van der Waals surface area contributed by atoms with Crippen LogP contribution in [0.3, 0.4) is 0 Å². The molecule has 0 aliphatic carbocycles. The Balaban J connectivity index is 1.71. The van der Waals surface area contributed by atoms with Gasteiger partial charge < -0.3 is 15.0 Å². The largest absolute Gasteiger partial charge is 0.376 e. The zero-order chi connectivity index (χ0) is 11.4. The van der Waals surface area contributed by atoms with Gasteiger partial charge in [-0.1, -0.05) is 6.92 Å². The van der Waals surface area contributed by atoms with Crippen molar-refractivity contribution in [3.63, 3.8) is 0 Å². The standard InChI is InChI=1S/C13H26N2O/c1-11-3-4-12(2)15(10-11)7-5-13-9-14-6-8-16-13/h11-14H,3-10H2,1-2H3. The number of nitrogens with one attached hydrogen (secondary N) is 1. The van der Waals surface area contributed by atoms with Gasteiger partial charge in [-0.2, -0.15) is 0 Å². The molecule has 3 nitrogen and oxygen atoms in total. The average molecular weight is 226 g/mol. The fourth-order valence-corrected chi connectivity index (χ4v) is 2.81. The monoisotopic (exact) mass is 226 g/mol. The molecule has 0 saturated carbocycles. The molecule has 3 atom stereocenters. The molecule has 0 aromatic carbocycles. The third-order valence-corrected chi connectivity index (χ3v) is 3.99. The summed E-state index contributed by atoms with van der Waals surface area (Å²) >= 11 is 0. The first kappa shape index (κ1) is 12.3. The first-order valence-electron chi connectivity index (χ1n) is 6.82. The highest BCUT2D eigenvalue weighted by molar-refractivity contribution is 4.78. The van der Waals surface area contributed by atoms with Crippen molar-refractivity contribution >= 4 is 0 Å². The van der Waals surface area contributed by atoms with E-state index in [1.807, 2.05) is 0 Å². The quantitative estimate of drug-likeness (QED) is 0.789. The predicted octanol–water partition coefficient (Wildman–Crippen LogP) is 1.49. The van der Waals surface area contributed by atoms with E-state index in [1.165, 1.54) is 32.4 Å². The maximum Gasteiger partial charge on any atom is 0.0712 e. The van der Waals surface area contributed by atoms with Crippen molar-refractivity contribution in [2.45, 2.75) is 45.3 Å². The lowest BCUT2D eigenvalue weighted by molar-refractivity contribution is 0.0103. The van der Waals surface area contributed by atoms with Gasteiger partial charge in [0.2, 0.25) is 0 Å². The number of hydrogen-bond acceptors (Lipinski definition) is 3. The van der Waals surface area contributed by atoms with Crippen LogP contribution in [0.15, 0.2) is 0 Å².